The zero-order chi connectivity index (χ0) is 28.5. The second-order valence-corrected chi connectivity index (χ2v) is 9.44. The van der Waals surface area contributed by atoms with Crippen LogP contribution in [0.1, 0.15) is 34.3 Å². The van der Waals surface area contributed by atoms with Crippen molar-refractivity contribution in [1.82, 2.24) is 0 Å². The molecule has 0 aliphatic rings. The molecule has 42 heavy (non-hydrogen) atoms. The molecule has 0 spiro atoms. The molecule has 0 saturated heterocycles. The molecule has 0 saturated carbocycles. The van der Waals surface area contributed by atoms with E-state index in [1.807, 2.05) is 24.3 Å². The minimum atomic E-state index is -0.897. The summed E-state index contributed by atoms with van der Waals surface area (Å²) in [7, 11) is 0. The Bertz CT molecular complexity index is 1370. The van der Waals surface area contributed by atoms with Gasteiger partial charge in [-0.15, -0.1) is 13.2 Å². The molecule has 4 aromatic rings. The average Bonchev–Trinajstić information content (AvgIpc) is 2.97. The van der Waals surface area contributed by atoms with E-state index in [1.54, 1.807) is 12.1 Å². The smallest absolute Gasteiger partial charge is 0.373 e. The summed E-state index contributed by atoms with van der Waals surface area (Å²) in [5, 5.41) is 8.86. The summed E-state index contributed by atoms with van der Waals surface area (Å²) in [4.78, 5) is 27.0. The maximum Gasteiger partial charge on any atom is 0.373 e. The Morgan fingerprint density at radius 2 is 0.952 bits per heavy atom. The van der Waals surface area contributed by atoms with Crippen LogP contribution in [0.5, 0.6) is 0 Å². The standard InChI is InChI=1S/C17H16O2.C16H15Br.CO2.B.V.Y/c1-2-3-4-13-5-7-14(8-6-13)15-9-11-16(12-10-15)17(18)19;1-2-3-4-13-5-7-14(8-6-13)15-9-11-16(17)12-10-15;2-1-3;;;/h2,5-12H,1,3-4H2,(H,18,19);2,5-12H,1,3-4H2;;;;. The molecule has 0 fully saturated rings. The van der Waals surface area contributed by atoms with Crippen molar-refractivity contribution in [2.24, 2.45) is 0 Å². The van der Waals surface area contributed by atoms with Crippen molar-refractivity contribution in [2.45, 2.75) is 25.7 Å². The van der Waals surface area contributed by atoms with Crippen molar-refractivity contribution < 1.29 is 70.8 Å². The number of aryl methyl sites for hydroxylation is 2. The second-order valence-electron chi connectivity index (χ2n) is 8.52. The summed E-state index contributed by atoms with van der Waals surface area (Å²) < 4.78 is 1.11. The maximum absolute atomic E-state index is 10.8. The van der Waals surface area contributed by atoms with E-state index in [2.05, 4.69) is 102 Å². The molecule has 0 unspecified atom stereocenters. The van der Waals surface area contributed by atoms with Gasteiger partial charge in [0.05, 0.1) is 5.56 Å². The third kappa shape index (κ3) is 15.1. The van der Waals surface area contributed by atoms with Crippen molar-refractivity contribution in [3.8, 4) is 22.3 Å². The van der Waals surface area contributed by atoms with Crippen LogP contribution in [0.2, 0.25) is 0 Å². The maximum atomic E-state index is 10.8. The van der Waals surface area contributed by atoms with Gasteiger partial charge in [0.15, 0.2) is 0 Å². The first-order chi connectivity index (χ1) is 18.9. The number of rotatable bonds is 9. The largest absolute Gasteiger partial charge is 0.478 e. The van der Waals surface area contributed by atoms with E-state index >= 15 is 0 Å². The van der Waals surface area contributed by atoms with Gasteiger partial charge in [-0.25, -0.2) is 4.79 Å². The number of carbonyl (C=O) groups is 1. The number of allylic oxidation sites excluding steroid dienone is 2. The van der Waals surface area contributed by atoms with Crippen LogP contribution in [0.15, 0.2) is 127 Å². The Hall–Kier alpha value is -2.56. The Morgan fingerprint density at radius 3 is 1.24 bits per heavy atom. The van der Waals surface area contributed by atoms with Gasteiger partial charge in [0.2, 0.25) is 0 Å². The SMILES string of the molecule is C=CCCc1ccc(-c2ccc(Br)cc2)cc1.C=CCCc1ccc(-c2ccc(C(=O)O)cc2)cc1.O=C=O.[B].[V].[Y]. The summed E-state index contributed by atoms with van der Waals surface area (Å²) in [6, 6.07) is 32.4. The second kappa shape index (κ2) is 23.9. The summed E-state index contributed by atoms with van der Waals surface area (Å²) in [6.07, 6.45) is 8.22. The minimum absolute atomic E-state index is 0. The van der Waals surface area contributed by atoms with E-state index in [1.165, 1.54) is 22.3 Å². The topological polar surface area (TPSA) is 71.4 Å². The van der Waals surface area contributed by atoms with Crippen LogP contribution >= 0.6 is 15.9 Å². The fourth-order valence-corrected chi connectivity index (χ4v) is 3.98. The Labute approximate surface area is 296 Å². The van der Waals surface area contributed by atoms with Crippen LogP contribution in [-0.2, 0) is 73.7 Å². The fourth-order valence-electron chi connectivity index (χ4n) is 3.71. The number of benzene rings is 4. The van der Waals surface area contributed by atoms with Gasteiger partial charge in [-0.05, 0) is 83.3 Å². The average molecular weight is 734 g/mol. The molecule has 4 aromatic carbocycles. The number of carbonyl (C=O) groups excluding carboxylic acids is 2. The van der Waals surface area contributed by atoms with E-state index < -0.39 is 5.97 Å². The van der Waals surface area contributed by atoms with Gasteiger partial charge in [0.25, 0.3) is 0 Å². The summed E-state index contributed by atoms with van der Waals surface area (Å²) >= 11 is 3.45. The zero-order valence-corrected chi connectivity index (χ0v) is 29.1. The minimum Gasteiger partial charge on any atom is -0.478 e. The predicted octanol–water partition coefficient (Wildman–Crippen LogP) is 8.44. The number of hydrogen-bond donors (Lipinski definition) is 1. The normalized spacial score (nSPS) is 8.88. The van der Waals surface area contributed by atoms with E-state index in [9.17, 15) is 4.79 Å². The van der Waals surface area contributed by atoms with Gasteiger partial charge < -0.3 is 5.11 Å². The molecule has 0 bridgehead atoms. The molecule has 4 rings (SSSR count). The van der Waals surface area contributed by atoms with Crippen LogP contribution in [0, 0.1) is 0 Å². The predicted molar refractivity (Wildman–Crippen MR) is 166 cm³/mol. The van der Waals surface area contributed by atoms with E-state index in [0.29, 0.717) is 5.56 Å². The molecule has 8 heteroatoms. The monoisotopic (exact) mass is 733 g/mol. The molecule has 0 amide bonds. The number of carboxylic acids is 1. The van der Waals surface area contributed by atoms with Gasteiger partial charge in [-0.1, -0.05) is 101 Å². The van der Waals surface area contributed by atoms with Crippen LogP contribution in [0.4, 0.5) is 0 Å². The third-order valence-corrected chi connectivity index (χ3v) is 6.35. The van der Waals surface area contributed by atoms with Crippen LogP contribution in [-0.4, -0.2) is 25.6 Å². The number of carboxylic acid groups (broad SMARTS) is 1. The molecule has 0 heterocycles. The molecule has 0 aromatic heterocycles. The van der Waals surface area contributed by atoms with Crippen LogP contribution in [0.25, 0.3) is 22.3 Å². The summed E-state index contributed by atoms with van der Waals surface area (Å²) in [5.74, 6) is -0.897. The molecule has 209 valence electrons. The number of aromatic carboxylic acids is 1. The van der Waals surface area contributed by atoms with Crippen molar-refractivity contribution in [1.29, 1.82) is 0 Å². The molecule has 0 atom stereocenters. The van der Waals surface area contributed by atoms with Gasteiger partial charge in [0, 0.05) is 64.2 Å². The Balaban J connectivity index is 0. The number of halogens is 1. The molecule has 5 radical (unpaired) electrons. The first-order valence-electron chi connectivity index (χ1n) is 12.4. The molecule has 0 aliphatic heterocycles. The first-order valence-corrected chi connectivity index (χ1v) is 13.2. The van der Waals surface area contributed by atoms with Gasteiger partial charge >= 0.3 is 12.1 Å². The first kappa shape index (κ1) is 41.6. The van der Waals surface area contributed by atoms with Gasteiger partial charge in [0.1, 0.15) is 0 Å². The molecule has 0 aliphatic carbocycles. The van der Waals surface area contributed by atoms with Crippen LogP contribution in [0.3, 0.4) is 0 Å². The van der Waals surface area contributed by atoms with E-state index in [-0.39, 0.29) is 65.8 Å². The quantitative estimate of drug-likeness (QED) is 0.139. The fraction of sp³-hybridized carbons (Fsp3) is 0.118. The Morgan fingerprint density at radius 1 is 0.667 bits per heavy atom. The van der Waals surface area contributed by atoms with Crippen molar-refractivity contribution in [3.63, 3.8) is 0 Å². The molecular formula is C34H31BBrO4VY. The van der Waals surface area contributed by atoms with Crippen molar-refractivity contribution in [2.75, 3.05) is 0 Å². The summed E-state index contributed by atoms with van der Waals surface area (Å²) in [5.41, 5.74) is 7.60. The molecule has 1 N–H and O–H groups in total. The number of hydrogen-bond acceptors (Lipinski definition) is 3. The summed E-state index contributed by atoms with van der Waals surface area (Å²) in [6.45, 7) is 7.46. The van der Waals surface area contributed by atoms with Crippen molar-refractivity contribution in [3.05, 3.63) is 144 Å². The van der Waals surface area contributed by atoms with Gasteiger partial charge in [-0.3, -0.25) is 0 Å². The molecule has 4 nitrogen and oxygen atoms in total. The Kier molecular flexibility index (Phi) is 23.7. The molecular weight excluding hydrogens is 703 g/mol. The van der Waals surface area contributed by atoms with Crippen molar-refractivity contribution >= 4 is 36.5 Å². The van der Waals surface area contributed by atoms with E-state index in [4.69, 9.17) is 14.7 Å². The van der Waals surface area contributed by atoms with Gasteiger partial charge in [-0.2, -0.15) is 9.59 Å². The zero-order valence-electron chi connectivity index (χ0n) is 23.3. The van der Waals surface area contributed by atoms with Crippen LogP contribution < -0.4 is 0 Å². The van der Waals surface area contributed by atoms with E-state index in [0.717, 1.165) is 41.3 Å². The third-order valence-electron chi connectivity index (χ3n) is 5.82.